The minimum Gasteiger partial charge on any atom is -0.457 e. The summed E-state index contributed by atoms with van der Waals surface area (Å²) in [6, 6.07) is 27.3. The average molecular weight is 597 g/mol. The number of benzene rings is 4. The van der Waals surface area contributed by atoms with E-state index in [9.17, 15) is 23.2 Å². The molecule has 0 saturated carbocycles. The molecule has 0 aliphatic carbocycles. The molecule has 8 nitrogen and oxygen atoms in total. The molecule has 0 radical (unpaired) electrons. The lowest BCUT2D eigenvalue weighted by Gasteiger charge is -2.27. The van der Waals surface area contributed by atoms with E-state index in [1.165, 1.54) is 63.2 Å². The van der Waals surface area contributed by atoms with E-state index in [0.29, 0.717) is 34.6 Å². The number of hydrogen-bond donors (Lipinski definition) is 1. The van der Waals surface area contributed by atoms with Gasteiger partial charge in [0.1, 0.15) is 41.9 Å². The van der Waals surface area contributed by atoms with Gasteiger partial charge in [0.15, 0.2) is 0 Å². The fourth-order valence-corrected chi connectivity index (χ4v) is 4.61. The number of nitrogens with zero attached hydrogens (tertiary/aromatic N) is 3. The molecule has 1 N–H and O–H groups in total. The molecule has 0 spiro atoms. The monoisotopic (exact) mass is 596 g/mol. The first-order valence-electron chi connectivity index (χ1n) is 13.8. The zero-order chi connectivity index (χ0) is 31.2. The summed E-state index contributed by atoms with van der Waals surface area (Å²) < 4.78 is 32.7. The number of fused-ring (bicyclic) bond motifs is 1. The molecule has 0 atom stereocenters. The highest BCUT2D eigenvalue weighted by atomic mass is 19.1. The minimum atomic E-state index is -0.576. The van der Waals surface area contributed by atoms with Gasteiger partial charge < -0.3 is 24.4 Å². The number of aromatic nitrogens is 1. The molecule has 4 aromatic carbocycles. The Morgan fingerprint density at radius 3 is 2.02 bits per heavy atom. The highest BCUT2D eigenvalue weighted by Crippen LogP contribution is 2.25. The van der Waals surface area contributed by atoms with Crippen LogP contribution in [-0.2, 0) is 16.1 Å². The second kappa shape index (κ2) is 13.2. The zero-order valence-electron chi connectivity index (χ0n) is 24.2. The maximum absolute atomic E-state index is 13.8. The molecule has 1 heterocycles. The van der Waals surface area contributed by atoms with Crippen molar-refractivity contribution in [3.63, 3.8) is 0 Å². The summed E-state index contributed by atoms with van der Waals surface area (Å²) >= 11 is 0. The number of halogens is 2. The van der Waals surface area contributed by atoms with E-state index in [1.54, 1.807) is 38.4 Å². The molecule has 5 aromatic rings. The van der Waals surface area contributed by atoms with Gasteiger partial charge in [-0.1, -0.05) is 30.3 Å². The maximum Gasteiger partial charge on any atom is 0.271 e. The summed E-state index contributed by atoms with van der Waals surface area (Å²) in [5, 5.41) is 0.493. The van der Waals surface area contributed by atoms with Crippen LogP contribution in [0.15, 0.2) is 103 Å². The van der Waals surface area contributed by atoms with E-state index in [1.807, 2.05) is 30.3 Å². The van der Waals surface area contributed by atoms with Crippen LogP contribution in [0, 0.1) is 11.6 Å². The van der Waals surface area contributed by atoms with Gasteiger partial charge in [-0.3, -0.25) is 14.4 Å². The van der Waals surface area contributed by atoms with Crippen LogP contribution in [0.2, 0.25) is 0 Å². The highest BCUT2D eigenvalue weighted by Gasteiger charge is 2.26. The van der Waals surface area contributed by atoms with Crippen LogP contribution in [0.4, 0.5) is 14.5 Å². The Kier molecular flexibility index (Phi) is 8.99. The number of amides is 3. The Hall–Kier alpha value is -5.51. The smallest absolute Gasteiger partial charge is 0.271 e. The minimum absolute atomic E-state index is 0.127. The average Bonchev–Trinajstić information content (AvgIpc) is 3.45. The number of ether oxygens (including phenoxy) is 1. The van der Waals surface area contributed by atoms with Crippen molar-refractivity contribution in [2.45, 2.75) is 6.54 Å². The van der Waals surface area contributed by atoms with Crippen molar-refractivity contribution in [1.82, 2.24) is 14.8 Å². The normalized spacial score (nSPS) is 10.8. The summed E-state index contributed by atoms with van der Waals surface area (Å²) in [5.74, 6) is -1.25. The summed E-state index contributed by atoms with van der Waals surface area (Å²) in [6.07, 6.45) is 0. The molecule has 0 aliphatic rings. The van der Waals surface area contributed by atoms with E-state index in [4.69, 9.17) is 4.74 Å². The van der Waals surface area contributed by atoms with Crippen molar-refractivity contribution >= 4 is 34.3 Å². The number of rotatable bonds is 10. The lowest BCUT2D eigenvalue weighted by atomic mass is 10.2. The molecule has 3 amide bonds. The molecule has 1 aromatic heterocycles. The van der Waals surface area contributed by atoms with Gasteiger partial charge in [0, 0.05) is 37.2 Å². The topological polar surface area (TPSA) is 85.9 Å². The van der Waals surface area contributed by atoms with E-state index in [0.717, 1.165) is 5.56 Å². The van der Waals surface area contributed by atoms with Crippen LogP contribution in [0.3, 0.4) is 0 Å². The second-order valence-corrected chi connectivity index (χ2v) is 10.3. The van der Waals surface area contributed by atoms with Crippen molar-refractivity contribution in [1.29, 1.82) is 0 Å². The Balaban J connectivity index is 1.32. The highest BCUT2D eigenvalue weighted by molar-refractivity contribution is 6.03. The predicted octanol–water partition coefficient (Wildman–Crippen LogP) is 6.00. The molecular formula is C34H30F2N4O4. The van der Waals surface area contributed by atoms with Gasteiger partial charge in [-0.15, -0.1) is 0 Å². The molecule has 0 aliphatic heterocycles. The first kappa shape index (κ1) is 30.0. The van der Waals surface area contributed by atoms with Crippen LogP contribution >= 0.6 is 0 Å². The van der Waals surface area contributed by atoms with Gasteiger partial charge in [0.25, 0.3) is 5.91 Å². The van der Waals surface area contributed by atoms with Gasteiger partial charge in [0.2, 0.25) is 11.8 Å². The largest absolute Gasteiger partial charge is 0.457 e. The van der Waals surface area contributed by atoms with Crippen molar-refractivity contribution in [2.75, 3.05) is 32.1 Å². The van der Waals surface area contributed by atoms with Crippen molar-refractivity contribution in [3.8, 4) is 11.5 Å². The molecule has 0 saturated heterocycles. The Morgan fingerprint density at radius 2 is 1.34 bits per heavy atom. The lowest BCUT2D eigenvalue weighted by Crippen LogP contribution is -2.46. The van der Waals surface area contributed by atoms with Crippen LogP contribution in [0.1, 0.15) is 16.1 Å². The van der Waals surface area contributed by atoms with Crippen molar-refractivity contribution in [3.05, 3.63) is 126 Å². The Bertz CT molecular complexity index is 1770. The first-order valence-corrected chi connectivity index (χ1v) is 13.8. The third-order valence-electron chi connectivity index (χ3n) is 7.09. The number of H-pyrrole nitrogens is 1. The third kappa shape index (κ3) is 7.27. The molecule has 0 fully saturated rings. The summed E-state index contributed by atoms with van der Waals surface area (Å²) in [7, 11) is 3.20. The van der Waals surface area contributed by atoms with Crippen molar-refractivity contribution < 1.29 is 27.9 Å². The summed E-state index contributed by atoms with van der Waals surface area (Å²) in [5.41, 5.74) is 2.12. The summed E-state index contributed by atoms with van der Waals surface area (Å²) in [6.45, 7) is -0.415. The number of nitrogens with one attached hydrogen (secondary N) is 1. The number of anilines is 1. The SMILES string of the molecule is CN(Cc1ccccc1)C(=O)CN(CC(=O)N(C)c1ccc(Oc2ccc(F)cc2)cc1)C(=O)c1cc2cc(F)ccc2[nH]1. The summed E-state index contributed by atoms with van der Waals surface area (Å²) in [4.78, 5) is 47.4. The van der Waals surface area contributed by atoms with Crippen LogP contribution in [-0.4, -0.2) is 59.7 Å². The number of carbonyl (C=O) groups is 3. The predicted molar refractivity (Wildman–Crippen MR) is 163 cm³/mol. The van der Waals surface area contributed by atoms with E-state index < -0.39 is 24.2 Å². The van der Waals surface area contributed by atoms with E-state index >= 15 is 0 Å². The standard InChI is InChI=1S/C34H30F2N4O4/c1-38(20-23-6-4-3-5-7-23)32(41)21-40(34(43)31-19-24-18-26(36)10-17-30(24)37-31)22-33(42)39(2)27-11-15-29(16-12-27)44-28-13-8-25(35)9-14-28/h3-19,37H,20-22H2,1-2H3. The third-order valence-corrected chi connectivity index (χ3v) is 7.09. The molecular weight excluding hydrogens is 566 g/mol. The maximum atomic E-state index is 13.8. The van der Waals surface area contributed by atoms with Gasteiger partial charge in [-0.25, -0.2) is 8.78 Å². The number of likely N-dealkylation sites (N-methyl/N-ethyl adjacent to an activating group) is 2. The van der Waals surface area contributed by atoms with Crippen LogP contribution in [0.25, 0.3) is 10.9 Å². The van der Waals surface area contributed by atoms with Gasteiger partial charge in [-0.05, 0) is 78.4 Å². The molecule has 10 heteroatoms. The van der Waals surface area contributed by atoms with Crippen LogP contribution in [0.5, 0.6) is 11.5 Å². The Labute approximate surface area is 253 Å². The zero-order valence-corrected chi connectivity index (χ0v) is 24.2. The number of hydrogen-bond acceptors (Lipinski definition) is 4. The van der Waals surface area contributed by atoms with Crippen molar-refractivity contribution in [2.24, 2.45) is 0 Å². The van der Waals surface area contributed by atoms with E-state index in [-0.39, 0.29) is 24.0 Å². The van der Waals surface area contributed by atoms with Gasteiger partial charge in [0.05, 0.1) is 0 Å². The number of aromatic amines is 1. The van der Waals surface area contributed by atoms with Gasteiger partial charge >= 0.3 is 0 Å². The quantitative estimate of drug-likeness (QED) is 0.214. The first-order chi connectivity index (χ1) is 21.2. The molecule has 5 rings (SSSR count). The van der Waals surface area contributed by atoms with E-state index in [2.05, 4.69) is 4.98 Å². The molecule has 224 valence electrons. The Morgan fingerprint density at radius 1 is 0.727 bits per heavy atom. The van der Waals surface area contributed by atoms with Crippen LogP contribution < -0.4 is 9.64 Å². The number of carbonyl (C=O) groups excluding carboxylic acids is 3. The molecule has 44 heavy (non-hydrogen) atoms. The second-order valence-electron chi connectivity index (χ2n) is 10.3. The fraction of sp³-hybridized carbons (Fsp3) is 0.147. The fourth-order valence-electron chi connectivity index (χ4n) is 4.61. The molecule has 0 unspecified atom stereocenters. The molecule has 0 bridgehead atoms. The lowest BCUT2D eigenvalue weighted by molar-refractivity contribution is -0.131. The van der Waals surface area contributed by atoms with Gasteiger partial charge in [-0.2, -0.15) is 0 Å².